The topological polar surface area (TPSA) is 118 Å². The standard InChI is InChI=1S/C25H31N3O6/c1-15(13-26)6-9-23(29)27-19-10-16(7-8-20(19)30-2)18-14-34-28-24(18)17-11-21(31-3)25(33-5)22(12-17)32-4/h7-8,10-12,14-15H,6,9,13,26H2,1-5H3,(H,27,29). The number of anilines is 1. The zero-order valence-corrected chi connectivity index (χ0v) is 20.1. The number of nitrogens with zero attached hydrogens (tertiary/aromatic N) is 1. The van der Waals surface area contributed by atoms with E-state index in [0.29, 0.717) is 53.8 Å². The summed E-state index contributed by atoms with van der Waals surface area (Å²) in [7, 11) is 6.21. The molecule has 1 amide bonds. The summed E-state index contributed by atoms with van der Waals surface area (Å²) in [5.41, 5.74) is 9.03. The molecule has 0 saturated heterocycles. The lowest BCUT2D eigenvalue weighted by molar-refractivity contribution is -0.116. The van der Waals surface area contributed by atoms with Crippen LogP contribution < -0.4 is 30.0 Å². The lowest BCUT2D eigenvalue weighted by atomic mass is 10.00. The number of carbonyl (C=O) groups is 1. The molecule has 0 saturated carbocycles. The highest BCUT2D eigenvalue weighted by Crippen LogP contribution is 2.43. The van der Waals surface area contributed by atoms with Crippen LogP contribution in [0, 0.1) is 5.92 Å². The van der Waals surface area contributed by atoms with Gasteiger partial charge in [0.25, 0.3) is 0 Å². The summed E-state index contributed by atoms with van der Waals surface area (Å²) < 4.78 is 27.1. The predicted octanol–water partition coefficient (Wildman–Crippen LogP) is 4.36. The molecule has 3 N–H and O–H groups in total. The van der Waals surface area contributed by atoms with Gasteiger partial charge in [0.1, 0.15) is 17.7 Å². The Morgan fingerprint density at radius 1 is 1.00 bits per heavy atom. The van der Waals surface area contributed by atoms with E-state index in [2.05, 4.69) is 10.5 Å². The van der Waals surface area contributed by atoms with Crippen molar-refractivity contribution in [2.24, 2.45) is 11.7 Å². The van der Waals surface area contributed by atoms with Gasteiger partial charge >= 0.3 is 0 Å². The van der Waals surface area contributed by atoms with Crippen molar-refractivity contribution in [2.75, 3.05) is 40.3 Å². The van der Waals surface area contributed by atoms with Crippen LogP contribution in [0.25, 0.3) is 22.4 Å². The number of carbonyl (C=O) groups excluding carboxylic acids is 1. The highest BCUT2D eigenvalue weighted by molar-refractivity contribution is 5.94. The Balaban J connectivity index is 1.97. The summed E-state index contributed by atoms with van der Waals surface area (Å²) in [6, 6.07) is 9.09. The molecule has 9 heteroatoms. The summed E-state index contributed by atoms with van der Waals surface area (Å²) in [6.07, 6.45) is 2.63. The SMILES string of the molecule is COc1ccc(-c2conc2-c2cc(OC)c(OC)c(OC)c2)cc1NC(=O)CCC(C)CN. The van der Waals surface area contributed by atoms with Crippen molar-refractivity contribution in [1.29, 1.82) is 0 Å². The van der Waals surface area contributed by atoms with Gasteiger partial charge in [0, 0.05) is 17.5 Å². The smallest absolute Gasteiger partial charge is 0.224 e. The van der Waals surface area contributed by atoms with Crippen molar-refractivity contribution in [3.63, 3.8) is 0 Å². The molecular formula is C25H31N3O6. The van der Waals surface area contributed by atoms with Gasteiger partial charge in [0.2, 0.25) is 11.7 Å². The summed E-state index contributed by atoms with van der Waals surface area (Å²) in [5, 5.41) is 7.14. The first-order valence-electron chi connectivity index (χ1n) is 10.9. The van der Waals surface area contributed by atoms with Crippen LogP contribution in [0.5, 0.6) is 23.0 Å². The molecule has 0 aliphatic heterocycles. The van der Waals surface area contributed by atoms with Gasteiger partial charge in [0.15, 0.2) is 11.5 Å². The third-order valence-electron chi connectivity index (χ3n) is 5.56. The average molecular weight is 470 g/mol. The van der Waals surface area contributed by atoms with Crippen LogP contribution in [0.1, 0.15) is 19.8 Å². The minimum absolute atomic E-state index is 0.106. The highest BCUT2D eigenvalue weighted by atomic mass is 16.5. The molecule has 182 valence electrons. The number of aromatic nitrogens is 1. The fourth-order valence-electron chi connectivity index (χ4n) is 3.55. The maximum Gasteiger partial charge on any atom is 0.224 e. The third-order valence-corrected chi connectivity index (χ3v) is 5.56. The fourth-order valence-corrected chi connectivity index (χ4v) is 3.55. The van der Waals surface area contributed by atoms with E-state index in [4.69, 9.17) is 29.2 Å². The van der Waals surface area contributed by atoms with Gasteiger partial charge in [-0.1, -0.05) is 18.1 Å². The average Bonchev–Trinajstić information content (AvgIpc) is 3.36. The third kappa shape index (κ3) is 5.43. The molecule has 3 rings (SSSR count). The van der Waals surface area contributed by atoms with Gasteiger partial charge < -0.3 is 34.5 Å². The van der Waals surface area contributed by atoms with E-state index in [1.165, 1.54) is 0 Å². The molecule has 1 heterocycles. The Labute approximate surface area is 199 Å². The van der Waals surface area contributed by atoms with Crippen molar-refractivity contribution in [3.8, 4) is 45.4 Å². The molecular weight excluding hydrogens is 438 g/mol. The van der Waals surface area contributed by atoms with Gasteiger partial charge in [-0.3, -0.25) is 4.79 Å². The molecule has 34 heavy (non-hydrogen) atoms. The largest absolute Gasteiger partial charge is 0.495 e. The van der Waals surface area contributed by atoms with Crippen molar-refractivity contribution >= 4 is 11.6 Å². The van der Waals surface area contributed by atoms with Crippen molar-refractivity contribution in [3.05, 3.63) is 36.6 Å². The molecule has 0 aliphatic carbocycles. The lowest BCUT2D eigenvalue weighted by Crippen LogP contribution is -2.16. The fraction of sp³-hybridized carbons (Fsp3) is 0.360. The number of rotatable bonds is 11. The van der Waals surface area contributed by atoms with E-state index >= 15 is 0 Å². The Kier molecular flexibility index (Phi) is 8.37. The minimum Gasteiger partial charge on any atom is -0.495 e. The van der Waals surface area contributed by atoms with E-state index in [9.17, 15) is 4.79 Å². The van der Waals surface area contributed by atoms with Gasteiger partial charge in [0.05, 0.1) is 34.1 Å². The lowest BCUT2D eigenvalue weighted by Gasteiger charge is -2.14. The van der Waals surface area contributed by atoms with Crippen LogP contribution in [0.2, 0.25) is 0 Å². The maximum atomic E-state index is 12.5. The van der Waals surface area contributed by atoms with Crippen molar-refractivity contribution in [2.45, 2.75) is 19.8 Å². The molecule has 0 bridgehead atoms. The number of benzene rings is 2. The normalized spacial score (nSPS) is 11.6. The maximum absolute atomic E-state index is 12.5. The number of amides is 1. The Morgan fingerprint density at radius 2 is 1.68 bits per heavy atom. The van der Waals surface area contributed by atoms with Crippen molar-refractivity contribution in [1.82, 2.24) is 5.16 Å². The van der Waals surface area contributed by atoms with E-state index in [-0.39, 0.29) is 11.8 Å². The predicted molar refractivity (Wildman–Crippen MR) is 130 cm³/mol. The number of hydrogen-bond donors (Lipinski definition) is 2. The number of nitrogens with one attached hydrogen (secondary N) is 1. The van der Waals surface area contributed by atoms with Gasteiger partial charge in [-0.05, 0) is 48.7 Å². The van der Waals surface area contributed by atoms with E-state index in [1.54, 1.807) is 52.9 Å². The number of ether oxygens (including phenoxy) is 4. The molecule has 0 aliphatic rings. The van der Waals surface area contributed by atoms with E-state index in [0.717, 1.165) is 16.7 Å². The van der Waals surface area contributed by atoms with Crippen LogP contribution in [0.15, 0.2) is 41.1 Å². The van der Waals surface area contributed by atoms with Crippen LogP contribution in [0.4, 0.5) is 5.69 Å². The molecule has 3 aromatic rings. The molecule has 0 fully saturated rings. The molecule has 2 aromatic carbocycles. The van der Waals surface area contributed by atoms with Gasteiger partial charge in [-0.15, -0.1) is 0 Å². The molecule has 1 unspecified atom stereocenters. The van der Waals surface area contributed by atoms with Crippen LogP contribution in [0.3, 0.4) is 0 Å². The molecule has 0 radical (unpaired) electrons. The highest BCUT2D eigenvalue weighted by Gasteiger charge is 2.20. The number of nitrogens with two attached hydrogens (primary N) is 1. The minimum atomic E-state index is -0.106. The molecule has 1 atom stereocenters. The zero-order valence-electron chi connectivity index (χ0n) is 20.1. The Morgan fingerprint density at radius 3 is 2.26 bits per heavy atom. The van der Waals surface area contributed by atoms with Crippen LogP contribution >= 0.6 is 0 Å². The first-order chi connectivity index (χ1) is 16.4. The second kappa shape index (κ2) is 11.4. The molecule has 1 aromatic heterocycles. The summed E-state index contributed by atoms with van der Waals surface area (Å²) >= 11 is 0. The Hall–Kier alpha value is -3.72. The quantitative estimate of drug-likeness (QED) is 0.425. The first kappa shape index (κ1) is 24.9. The summed E-state index contributed by atoms with van der Waals surface area (Å²) in [6.45, 7) is 2.56. The second-order valence-corrected chi connectivity index (χ2v) is 7.83. The number of hydrogen-bond acceptors (Lipinski definition) is 8. The monoisotopic (exact) mass is 469 g/mol. The van der Waals surface area contributed by atoms with E-state index in [1.807, 2.05) is 19.1 Å². The van der Waals surface area contributed by atoms with E-state index < -0.39 is 0 Å². The molecule has 9 nitrogen and oxygen atoms in total. The summed E-state index contributed by atoms with van der Waals surface area (Å²) in [4.78, 5) is 12.5. The van der Waals surface area contributed by atoms with Crippen molar-refractivity contribution < 1.29 is 28.3 Å². The first-order valence-corrected chi connectivity index (χ1v) is 10.9. The van der Waals surface area contributed by atoms with Crippen LogP contribution in [-0.2, 0) is 4.79 Å². The Bertz CT molecular complexity index is 1100. The molecule has 0 spiro atoms. The van der Waals surface area contributed by atoms with Gasteiger partial charge in [-0.25, -0.2) is 0 Å². The second-order valence-electron chi connectivity index (χ2n) is 7.83. The summed E-state index contributed by atoms with van der Waals surface area (Å²) in [5.74, 6) is 2.20. The number of methoxy groups -OCH3 is 4. The van der Waals surface area contributed by atoms with Gasteiger partial charge in [-0.2, -0.15) is 0 Å². The van der Waals surface area contributed by atoms with Crippen LogP contribution in [-0.4, -0.2) is 46.0 Å². The zero-order chi connectivity index (χ0) is 24.7.